The highest BCUT2D eigenvalue weighted by Gasteiger charge is 2.15. The van der Waals surface area contributed by atoms with Crippen molar-refractivity contribution in [1.82, 2.24) is 16.0 Å². The Morgan fingerprint density at radius 3 is 2.50 bits per heavy atom. The molecule has 20 heavy (non-hydrogen) atoms. The Labute approximate surface area is 139 Å². The van der Waals surface area contributed by atoms with E-state index >= 15 is 0 Å². The number of hydrogen-bond acceptors (Lipinski definition) is 2. The standard InChI is InChI=1S/C14H28N4O.HI/c1-3-4-10-16-14(15-2)17-11-13(19)18-12-8-6-5-7-9-12;/h12H,3-11H2,1-2H3,(H,18,19)(H2,15,16,17);1H. The molecule has 1 fully saturated rings. The van der Waals surface area contributed by atoms with Crippen molar-refractivity contribution in [3.05, 3.63) is 0 Å². The van der Waals surface area contributed by atoms with E-state index in [4.69, 9.17) is 0 Å². The highest BCUT2D eigenvalue weighted by molar-refractivity contribution is 14.0. The summed E-state index contributed by atoms with van der Waals surface area (Å²) >= 11 is 0. The molecule has 1 saturated carbocycles. The fraction of sp³-hybridized carbons (Fsp3) is 0.857. The summed E-state index contributed by atoms with van der Waals surface area (Å²) in [6, 6.07) is 0.373. The molecule has 0 saturated heterocycles. The summed E-state index contributed by atoms with van der Waals surface area (Å²) in [7, 11) is 1.72. The first-order valence-corrected chi connectivity index (χ1v) is 7.50. The molecule has 1 aliphatic carbocycles. The minimum atomic E-state index is 0. The van der Waals surface area contributed by atoms with Crippen LogP contribution in [-0.4, -0.2) is 38.0 Å². The van der Waals surface area contributed by atoms with Crippen molar-refractivity contribution in [3.63, 3.8) is 0 Å². The van der Waals surface area contributed by atoms with Gasteiger partial charge >= 0.3 is 0 Å². The number of unbranched alkanes of at least 4 members (excludes halogenated alkanes) is 1. The number of aliphatic imine (C=N–C) groups is 1. The summed E-state index contributed by atoms with van der Waals surface area (Å²) in [4.78, 5) is 15.9. The van der Waals surface area contributed by atoms with Crippen LogP contribution in [0.4, 0.5) is 0 Å². The van der Waals surface area contributed by atoms with Crippen LogP contribution in [0.1, 0.15) is 51.9 Å². The van der Waals surface area contributed by atoms with E-state index in [2.05, 4.69) is 27.9 Å². The number of carbonyl (C=O) groups excluding carboxylic acids is 1. The third-order valence-electron chi connectivity index (χ3n) is 3.43. The third-order valence-corrected chi connectivity index (χ3v) is 3.43. The van der Waals surface area contributed by atoms with E-state index in [-0.39, 0.29) is 29.9 Å². The van der Waals surface area contributed by atoms with E-state index in [1.165, 1.54) is 19.3 Å². The quantitative estimate of drug-likeness (QED) is 0.279. The Kier molecular flexibility index (Phi) is 11.9. The smallest absolute Gasteiger partial charge is 0.239 e. The zero-order valence-corrected chi connectivity index (χ0v) is 15.0. The second-order valence-electron chi connectivity index (χ2n) is 5.11. The summed E-state index contributed by atoms with van der Waals surface area (Å²) in [5.41, 5.74) is 0. The number of amides is 1. The minimum absolute atomic E-state index is 0. The Morgan fingerprint density at radius 1 is 1.20 bits per heavy atom. The topological polar surface area (TPSA) is 65.5 Å². The normalized spacial score (nSPS) is 16.2. The third kappa shape index (κ3) is 8.60. The van der Waals surface area contributed by atoms with Gasteiger partial charge in [0.25, 0.3) is 0 Å². The van der Waals surface area contributed by atoms with Crippen LogP contribution in [0.25, 0.3) is 0 Å². The van der Waals surface area contributed by atoms with Crippen molar-refractivity contribution < 1.29 is 4.79 Å². The summed E-state index contributed by atoms with van der Waals surface area (Å²) in [5.74, 6) is 0.762. The number of hydrogen-bond donors (Lipinski definition) is 3. The molecule has 1 aliphatic rings. The van der Waals surface area contributed by atoms with Gasteiger partial charge < -0.3 is 16.0 Å². The maximum Gasteiger partial charge on any atom is 0.239 e. The first-order valence-electron chi connectivity index (χ1n) is 7.50. The molecule has 5 nitrogen and oxygen atoms in total. The van der Waals surface area contributed by atoms with Crippen molar-refractivity contribution in [2.45, 2.75) is 57.9 Å². The van der Waals surface area contributed by atoms with Gasteiger partial charge in [0.15, 0.2) is 5.96 Å². The van der Waals surface area contributed by atoms with E-state index in [0.717, 1.165) is 32.2 Å². The van der Waals surface area contributed by atoms with E-state index in [9.17, 15) is 4.79 Å². The molecule has 0 aromatic heterocycles. The summed E-state index contributed by atoms with van der Waals surface area (Å²) in [5, 5.41) is 9.31. The van der Waals surface area contributed by atoms with Crippen LogP contribution in [-0.2, 0) is 4.79 Å². The van der Waals surface area contributed by atoms with Crippen molar-refractivity contribution in [3.8, 4) is 0 Å². The fourth-order valence-electron chi connectivity index (χ4n) is 2.29. The van der Waals surface area contributed by atoms with E-state index < -0.39 is 0 Å². The maximum atomic E-state index is 11.8. The van der Waals surface area contributed by atoms with E-state index in [0.29, 0.717) is 18.5 Å². The molecule has 0 unspecified atom stereocenters. The van der Waals surface area contributed by atoms with Crippen LogP contribution in [0.2, 0.25) is 0 Å². The maximum absolute atomic E-state index is 11.8. The first kappa shape index (κ1) is 19.5. The zero-order valence-electron chi connectivity index (χ0n) is 12.7. The van der Waals surface area contributed by atoms with Gasteiger partial charge in [-0.05, 0) is 19.3 Å². The van der Waals surface area contributed by atoms with Crippen molar-refractivity contribution in [2.75, 3.05) is 20.1 Å². The predicted molar refractivity (Wildman–Crippen MR) is 94.7 cm³/mol. The average molecular weight is 396 g/mol. The second kappa shape index (κ2) is 12.2. The van der Waals surface area contributed by atoms with Crippen LogP contribution >= 0.6 is 24.0 Å². The van der Waals surface area contributed by atoms with Gasteiger partial charge in [-0.15, -0.1) is 24.0 Å². The van der Waals surface area contributed by atoms with Gasteiger partial charge in [0, 0.05) is 19.6 Å². The molecule has 0 atom stereocenters. The lowest BCUT2D eigenvalue weighted by Gasteiger charge is -2.23. The van der Waals surface area contributed by atoms with E-state index in [1.807, 2.05) is 0 Å². The van der Waals surface area contributed by atoms with Crippen LogP contribution in [0.5, 0.6) is 0 Å². The van der Waals surface area contributed by atoms with Crippen molar-refractivity contribution in [1.29, 1.82) is 0 Å². The van der Waals surface area contributed by atoms with Crippen LogP contribution in [0.15, 0.2) is 4.99 Å². The molecule has 0 aromatic rings. The molecule has 0 aromatic carbocycles. The molecule has 0 bridgehead atoms. The number of rotatable bonds is 6. The van der Waals surface area contributed by atoms with Gasteiger partial charge in [-0.25, -0.2) is 0 Å². The number of nitrogens with zero attached hydrogens (tertiary/aromatic N) is 1. The Balaban J connectivity index is 0.00000361. The van der Waals surface area contributed by atoms with Gasteiger partial charge in [0.05, 0.1) is 6.54 Å². The molecule has 118 valence electrons. The molecule has 0 aliphatic heterocycles. The monoisotopic (exact) mass is 396 g/mol. The molecule has 0 radical (unpaired) electrons. The van der Waals surface area contributed by atoms with Gasteiger partial charge in [-0.2, -0.15) is 0 Å². The molecule has 0 spiro atoms. The predicted octanol–water partition coefficient (Wildman–Crippen LogP) is 2.02. The number of guanidine groups is 1. The first-order chi connectivity index (χ1) is 9.26. The van der Waals surface area contributed by atoms with Crippen molar-refractivity contribution in [2.24, 2.45) is 4.99 Å². The van der Waals surface area contributed by atoms with Gasteiger partial charge in [-0.3, -0.25) is 9.79 Å². The second-order valence-corrected chi connectivity index (χ2v) is 5.11. The molecule has 0 heterocycles. The van der Waals surface area contributed by atoms with Crippen LogP contribution < -0.4 is 16.0 Å². The van der Waals surface area contributed by atoms with Crippen molar-refractivity contribution >= 4 is 35.8 Å². The number of carbonyl (C=O) groups is 1. The largest absolute Gasteiger partial charge is 0.356 e. The number of halogens is 1. The Bertz CT molecular complexity index is 291. The highest BCUT2D eigenvalue weighted by atomic mass is 127. The number of nitrogens with one attached hydrogen (secondary N) is 3. The summed E-state index contributed by atoms with van der Waals surface area (Å²) in [6.07, 6.45) is 8.27. The Morgan fingerprint density at radius 2 is 1.90 bits per heavy atom. The molecular weight excluding hydrogens is 367 g/mol. The molecular formula is C14H29IN4O. The molecule has 1 rings (SSSR count). The summed E-state index contributed by atoms with van der Waals surface area (Å²) < 4.78 is 0. The van der Waals surface area contributed by atoms with Crippen LogP contribution in [0.3, 0.4) is 0 Å². The lowest BCUT2D eigenvalue weighted by molar-refractivity contribution is -0.120. The van der Waals surface area contributed by atoms with Crippen LogP contribution in [0, 0.1) is 0 Å². The Hall–Kier alpha value is -0.530. The fourth-order valence-corrected chi connectivity index (χ4v) is 2.29. The molecule has 3 N–H and O–H groups in total. The highest BCUT2D eigenvalue weighted by Crippen LogP contribution is 2.16. The molecule has 6 heteroatoms. The van der Waals surface area contributed by atoms with Gasteiger partial charge in [0.1, 0.15) is 0 Å². The lowest BCUT2D eigenvalue weighted by atomic mass is 9.95. The molecule has 1 amide bonds. The van der Waals surface area contributed by atoms with E-state index in [1.54, 1.807) is 7.05 Å². The SMILES string of the molecule is CCCCNC(=NC)NCC(=O)NC1CCCCC1.I. The zero-order chi connectivity index (χ0) is 13.9. The summed E-state index contributed by atoms with van der Waals surface area (Å²) in [6.45, 7) is 3.33. The minimum Gasteiger partial charge on any atom is -0.356 e. The lowest BCUT2D eigenvalue weighted by Crippen LogP contribution is -2.46. The van der Waals surface area contributed by atoms with Gasteiger partial charge in [0.2, 0.25) is 5.91 Å². The average Bonchev–Trinajstić information content (AvgIpc) is 2.44. The van der Waals surface area contributed by atoms with Gasteiger partial charge in [-0.1, -0.05) is 32.6 Å².